The summed E-state index contributed by atoms with van der Waals surface area (Å²) in [6.07, 6.45) is 0.569. The second-order valence-corrected chi connectivity index (χ2v) is 9.59. The Kier molecular flexibility index (Phi) is 4.64. The van der Waals surface area contributed by atoms with E-state index < -0.39 is 15.9 Å². The summed E-state index contributed by atoms with van der Waals surface area (Å²) in [6, 6.07) is 18.0. The molecule has 31 heavy (non-hydrogen) atoms. The van der Waals surface area contributed by atoms with Gasteiger partial charge in [-0.1, -0.05) is 30.3 Å². The molecule has 0 spiro atoms. The van der Waals surface area contributed by atoms with Crippen LogP contribution >= 0.6 is 0 Å². The summed E-state index contributed by atoms with van der Waals surface area (Å²) < 4.78 is 27.3. The Balaban J connectivity index is 1.70. The Morgan fingerprint density at radius 3 is 2.71 bits per heavy atom. The number of anilines is 1. The van der Waals surface area contributed by atoms with Gasteiger partial charge in [0.25, 0.3) is 0 Å². The van der Waals surface area contributed by atoms with Crippen LogP contribution in [0.2, 0.25) is 0 Å². The SMILES string of the molecule is O=c1[nH]c2ncccc2n1-c1ccc2c(c1)N(Cc1ccccc1)CC(O)CS2(=O)=O. The Morgan fingerprint density at radius 1 is 1.10 bits per heavy atom. The molecule has 0 saturated carbocycles. The van der Waals surface area contributed by atoms with Crippen molar-refractivity contribution in [3.8, 4) is 5.69 Å². The van der Waals surface area contributed by atoms with Gasteiger partial charge in [0.05, 0.1) is 33.6 Å². The first-order valence-corrected chi connectivity index (χ1v) is 11.5. The van der Waals surface area contributed by atoms with Crippen LogP contribution < -0.4 is 10.6 Å². The van der Waals surface area contributed by atoms with Crippen LogP contribution in [-0.2, 0) is 16.4 Å². The number of sulfone groups is 1. The van der Waals surface area contributed by atoms with Crippen molar-refractivity contribution in [1.29, 1.82) is 0 Å². The molecule has 3 heterocycles. The Morgan fingerprint density at radius 2 is 1.90 bits per heavy atom. The number of hydrogen-bond donors (Lipinski definition) is 2. The van der Waals surface area contributed by atoms with E-state index in [4.69, 9.17) is 0 Å². The van der Waals surface area contributed by atoms with E-state index in [0.29, 0.717) is 29.1 Å². The lowest BCUT2D eigenvalue weighted by atomic mass is 10.1. The third-order valence-corrected chi connectivity index (χ3v) is 7.23. The van der Waals surface area contributed by atoms with Crippen molar-refractivity contribution >= 4 is 26.7 Å². The van der Waals surface area contributed by atoms with Crippen LogP contribution in [0.1, 0.15) is 5.56 Å². The number of nitrogens with one attached hydrogen (secondary N) is 1. The number of aliphatic hydroxyl groups is 1. The van der Waals surface area contributed by atoms with Gasteiger partial charge in [0.15, 0.2) is 15.5 Å². The summed E-state index contributed by atoms with van der Waals surface area (Å²) in [5.41, 5.74) is 2.65. The van der Waals surface area contributed by atoms with Gasteiger partial charge in [-0.3, -0.25) is 9.55 Å². The van der Waals surface area contributed by atoms with Gasteiger partial charge in [-0.2, -0.15) is 0 Å². The molecule has 158 valence electrons. The fourth-order valence-corrected chi connectivity index (χ4v) is 5.63. The van der Waals surface area contributed by atoms with E-state index >= 15 is 0 Å². The minimum atomic E-state index is -3.69. The molecule has 0 aliphatic carbocycles. The second-order valence-electron chi connectivity index (χ2n) is 7.59. The molecular weight excluding hydrogens is 416 g/mol. The van der Waals surface area contributed by atoms with Gasteiger partial charge < -0.3 is 10.0 Å². The highest BCUT2D eigenvalue weighted by Crippen LogP contribution is 2.33. The number of nitrogens with zero attached hydrogens (tertiary/aromatic N) is 3. The average Bonchev–Trinajstić information content (AvgIpc) is 3.04. The molecule has 0 radical (unpaired) electrons. The third kappa shape index (κ3) is 3.51. The van der Waals surface area contributed by atoms with E-state index in [9.17, 15) is 18.3 Å². The fraction of sp³-hybridized carbons (Fsp3) is 0.182. The molecule has 2 aromatic heterocycles. The van der Waals surface area contributed by atoms with E-state index in [0.717, 1.165) is 5.56 Å². The van der Waals surface area contributed by atoms with Crippen molar-refractivity contribution in [2.24, 2.45) is 0 Å². The lowest BCUT2D eigenvalue weighted by Gasteiger charge is -2.26. The first-order chi connectivity index (χ1) is 14.9. The predicted molar refractivity (Wildman–Crippen MR) is 117 cm³/mol. The number of rotatable bonds is 3. The van der Waals surface area contributed by atoms with Crippen LogP contribution in [0.3, 0.4) is 0 Å². The lowest BCUT2D eigenvalue weighted by molar-refractivity contribution is 0.203. The summed E-state index contributed by atoms with van der Waals surface area (Å²) in [7, 11) is -3.69. The van der Waals surface area contributed by atoms with Crippen LogP contribution in [0.15, 0.2) is 76.6 Å². The molecule has 1 unspecified atom stereocenters. The number of hydrogen-bond acceptors (Lipinski definition) is 6. The van der Waals surface area contributed by atoms with Crippen molar-refractivity contribution in [3.05, 3.63) is 82.9 Å². The highest BCUT2D eigenvalue weighted by molar-refractivity contribution is 7.91. The summed E-state index contributed by atoms with van der Waals surface area (Å²) in [6.45, 7) is 0.586. The van der Waals surface area contributed by atoms with Crippen LogP contribution in [0, 0.1) is 0 Å². The molecule has 9 heteroatoms. The van der Waals surface area contributed by atoms with E-state index in [1.54, 1.807) is 30.5 Å². The molecule has 0 amide bonds. The number of aromatic nitrogens is 3. The molecule has 0 fully saturated rings. The molecule has 8 nitrogen and oxygen atoms in total. The Hall–Kier alpha value is -3.43. The third-order valence-electron chi connectivity index (χ3n) is 5.39. The van der Waals surface area contributed by atoms with Crippen LogP contribution in [0.25, 0.3) is 16.9 Å². The van der Waals surface area contributed by atoms with Gasteiger partial charge in [-0.05, 0) is 35.9 Å². The van der Waals surface area contributed by atoms with E-state index in [1.807, 2.05) is 35.2 Å². The minimum Gasteiger partial charge on any atom is -0.390 e. The van der Waals surface area contributed by atoms with Gasteiger partial charge in [0, 0.05) is 19.3 Å². The lowest BCUT2D eigenvalue weighted by Crippen LogP contribution is -2.33. The summed E-state index contributed by atoms with van der Waals surface area (Å²) in [4.78, 5) is 21.5. The number of benzene rings is 2. The number of aliphatic hydroxyl groups excluding tert-OH is 1. The highest BCUT2D eigenvalue weighted by atomic mass is 32.2. The number of imidazole rings is 1. The largest absolute Gasteiger partial charge is 0.390 e. The van der Waals surface area contributed by atoms with E-state index in [2.05, 4.69) is 9.97 Å². The number of β-amino-alcohol motifs (C(OH)–C–C–N with tert-alkyl or cyclic N) is 1. The van der Waals surface area contributed by atoms with Gasteiger partial charge in [-0.25, -0.2) is 18.2 Å². The van der Waals surface area contributed by atoms with E-state index in [-0.39, 0.29) is 22.9 Å². The van der Waals surface area contributed by atoms with Crippen LogP contribution in [-0.4, -0.2) is 46.5 Å². The van der Waals surface area contributed by atoms with Gasteiger partial charge >= 0.3 is 5.69 Å². The number of aromatic amines is 1. The van der Waals surface area contributed by atoms with Gasteiger partial charge in [0.1, 0.15) is 0 Å². The second kappa shape index (κ2) is 7.36. The summed E-state index contributed by atoms with van der Waals surface area (Å²) in [5, 5.41) is 10.4. The summed E-state index contributed by atoms with van der Waals surface area (Å²) in [5.74, 6) is -0.346. The zero-order valence-corrected chi connectivity index (χ0v) is 17.3. The first-order valence-electron chi connectivity index (χ1n) is 9.82. The molecule has 1 aliphatic rings. The molecule has 2 N–H and O–H groups in total. The predicted octanol–water partition coefficient (Wildman–Crippen LogP) is 1.87. The van der Waals surface area contributed by atoms with Crippen LogP contribution in [0.5, 0.6) is 0 Å². The molecule has 1 aliphatic heterocycles. The minimum absolute atomic E-state index is 0.148. The zero-order chi connectivity index (χ0) is 21.6. The highest BCUT2D eigenvalue weighted by Gasteiger charge is 2.31. The van der Waals surface area contributed by atoms with Gasteiger partial charge in [-0.15, -0.1) is 0 Å². The maximum Gasteiger partial charge on any atom is 0.332 e. The fourth-order valence-electron chi connectivity index (χ4n) is 4.05. The van der Waals surface area contributed by atoms with Crippen molar-refractivity contribution in [2.45, 2.75) is 17.5 Å². The molecule has 4 aromatic rings. The van der Waals surface area contributed by atoms with Crippen molar-refractivity contribution in [3.63, 3.8) is 0 Å². The quantitative estimate of drug-likeness (QED) is 0.508. The Labute approximate surface area is 178 Å². The molecule has 0 saturated heterocycles. The van der Waals surface area contributed by atoms with Crippen LogP contribution in [0.4, 0.5) is 5.69 Å². The molecule has 0 bridgehead atoms. The Bertz CT molecular complexity index is 1430. The maximum atomic E-state index is 12.9. The molecular formula is C22H20N4O4S. The molecule has 5 rings (SSSR count). The number of H-pyrrole nitrogens is 1. The first kappa shape index (κ1) is 19.5. The molecule has 2 aromatic carbocycles. The standard InChI is InChI=1S/C22H20N4O4S/c27-17-13-25(12-15-5-2-1-3-6-15)19-11-16(8-9-20(19)31(29,30)14-17)26-18-7-4-10-23-21(18)24-22(26)28/h1-11,17,27H,12-14H2,(H,23,24,28). The normalized spacial score (nSPS) is 18.0. The van der Waals surface area contributed by atoms with Crippen molar-refractivity contribution in [2.75, 3.05) is 17.2 Å². The molecule has 1 atom stereocenters. The monoisotopic (exact) mass is 436 g/mol. The van der Waals surface area contributed by atoms with Gasteiger partial charge in [0.2, 0.25) is 0 Å². The topological polar surface area (TPSA) is 108 Å². The zero-order valence-electron chi connectivity index (χ0n) is 16.5. The smallest absolute Gasteiger partial charge is 0.332 e. The summed E-state index contributed by atoms with van der Waals surface area (Å²) >= 11 is 0. The number of fused-ring (bicyclic) bond motifs is 2. The van der Waals surface area contributed by atoms with Crippen molar-refractivity contribution < 1.29 is 13.5 Å². The average molecular weight is 436 g/mol. The van der Waals surface area contributed by atoms with Crippen molar-refractivity contribution in [1.82, 2.24) is 14.5 Å². The van der Waals surface area contributed by atoms with E-state index in [1.165, 1.54) is 10.6 Å². The maximum absolute atomic E-state index is 12.9. The number of pyridine rings is 1.